The molecular weight excluding hydrogens is 428 g/mol. The summed E-state index contributed by atoms with van der Waals surface area (Å²) in [5, 5.41) is 0. The van der Waals surface area contributed by atoms with E-state index in [1.807, 2.05) is 0 Å². The Morgan fingerprint density at radius 2 is 1.58 bits per heavy atom. The first-order valence-electron chi connectivity index (χ1n) is 10.6. The molecule has 1 aromatic heterocycles. The van der Waals surface area contributed by atoms with Gasteiger partial charge in [0.1, 0.15) is 6.04 Å². The number of aryl methyl sites for hydroxylation is 1. The highest BCUT2D eigenvalue weighted by atomic mass is 16.5. The number of Topliss-reactive ketones (excluding diaryl/α,β-unsaturated/α-hetero) is 1. The number of aromatic amines is 1. The summed E-state index contributed by atoms with van der Waals surface area (Å²) in [6.45, 7) is 7.86. The normalized spacial score (nSPS) is 13.8. The molecule has 1 aromatic carbocycles. The second-order valence-electron chi connectivity index (χ2n) is 8.09. The van der Waals surface area contributed by atoms with Crippen molar-refractivity contribution in [3.8, 4) is 0 Å². The van der Waals surface area contributed by atoms with E-state index in [-0.39, 0.29) is 29.0 Å². The van der Waals surface area contributed by atoms with Crippen LogP contribution in [0.1, 0.15) is 73.6 Å². The van der Waals surface area contributed by atoms with Crippen LogP contribution in [0.2, 0.25) is 0 Å². The van der Waals surface area contributed by atoms with E-state index in [2.05, 4.69) is 4.98 Å². The number of ketones is 1. The summed E-state index contributed by atoms with van der Waals surface area (Å²) in [7, 11) is 0. The van der Waals surface area contributed by atoms with Gasteiger partial charge in [-0.25, -0.2) is 9.59 Å². The van der Waals surface area contributed by atoms with Crippen molar-refractivity contribution in [2.45, 2.75) is 40.7 Å². The Kier molecular flexibility index (Phi) is 6.81. The van der Waals surface area contributed by atoms with Crippen molar-refractivity contribution in [3.63, 3.8) is 0 Å². The van der Waals surface area contributed by atoms with Gasteiger partial charge < -0.3 is 14.5 Å². The topological polar surface area (TPSA) is 123 Å². The molecular formula is C24H26N2O7. The second-order valence-corrected chi connectivity index (χ2v) is 8.09. The van der Waals surface area contributed by atoms with Crippen LogP contribution in [0.3, 0.4) is 0 Å². The number of aromatic nitrogens is 1. The van der Waals surface area contributed by atoms with Gasteiger partial charge in [-0.1, -0.05) is 26.0 Å². The van der Waals surface area contributed by atoms with Crippen LogP contribution in [0.25, 0.3) is 0 Å². The number of nitrogens with zero attached hydrogens (tertiary/aromatic N) is 1. The number of imide groups is 1. The van der Waals surface area contributed by atoms with Gasteiger partial charge in [-0.15, -0.1) is 0 Å². The van der Waals surface area contributed by atoms with Crippen molar-refractivity contribution < 1.29 is 33.4 Å². The highest BCUT2D eigenvalue weighted by molar-refractivity contribution is 6.22. The molecule has 0 spiro atoms. The number of ether oxygens (including phenoxy) is 2. The number of hydrogen-bond donors (Lipinski definition) is 1. The number of rotatable bonds is 8. The third-order valence-electron chi connectivity index (χ3n) is 5.52. The molecule has 3 rings (SSSR count). The maximum Gasteiger partial charge on any atom is 0.340 e. The molecule has 9 heteroatoms. The molecule has 0 saturated carbocycles. The first-order valence-corrected chi connectivity index (χ1v) is 10.6. The highest BCUT2D eigenvalue weighted by Crippen LogP contribution is 2.28. The van der Waals surface area contributed by atoms with Crippen LogP contribution >= 0.6 is 0 Å². The van der Waals surface area contributed by atoms with E-state index in [0.717, 1.165) is 4.90 Å². The minimum Gasteiger partial charge on any atom is -0.462 e. The number of fused-ring (bicyclic) bond motifs is 1. The monoisotopic (exact) mass is 454 g/mol. The minimum atomic E-state index is -1.19. The van der Waals surface area contributed by atoms with Crippen molar-refractivity contribution in [2.24, 2.45) is 5.92 Å². The van der Waals surface area contributed by atoms with Crippen molar-refractivity contribution in [1.29, 1.82) is 0 Å². The molecule has 1 N–H and O–H groups in total. The van der Waals surface area contributed by atoms with Gasteiger partial charge in [0.05, 0.1) is 29.0 Å². The lowest BCUT2D eigenvalue weighted by molar-refractivity contribution is -0.148. The first-order chi connectivity index (χ1) is 15.6. The number of nitrogens with one attached hydrogen (secondary N) is 1. The molecule has 0 radical (unpaired) electrons. The molecule has 0 bridgehead atoms. The Labute approximate surface area is 191 Å². The zero-order valence-electron chi connectivity index (χ0n) is 19.2. The van der Waals surface area contributed by atoms with Crippen molar-refractivity contribution in [1.82, 2.24) is 9.88 Å². The van der Waals surface area contributed by atoms with Gasteiger partial charge >= 0.3 is 11.9 Å². The number of carbonyl (C=O) groups is 5. The predicted molar refractivity (Wildman–Crippen MR) is 117 cm³/mol. The largest absolute Gasteiger partial charge is 0.462 e. The van der Waals surface area contributed by atoms with E-state index >= 15 is 0 Å². The van der Waals surface area contributed by atoms with Crippen LogP contribution in [0.4, 0.5) is 0 Å². The lowest BCUT2D eigenvalue weighted by atomic mass is 10.0. The molecule has 1 aliphatic rings. The lowest BCUT2D eigenvalue weighted by Crippen LogP contribution is -2.49. The zero-order chi connectivity index (χ0) is 24.4. The molecule has 2 amide bonds. The fraction of sp³-hybridized carbons (Fsp3) is 0.375. The van der Waals surface area contributed by atoms with Gasteiger partial charge in [-0.2, -0.15) is 0 Å². The molecule has 1 aliphatic heterocycles. The summed E-state index contributed by atoms with van der Waals surface area (Å²) in [5.74, 6) is -3.56. The molecule has 1 atom stereocenters. The van der Waals surface area contributed by atoms with Crippen LogP contribution in [0.5, 0.6) is 0 Å². The molecule has 0 aliphatic carbocycles. The highest BCUT2D eigenvalue weighted by Gasteiger charge is 2.44. The molecule has 2 aromatic rings. The molecule has 0 fully saturated rings. The summed E-state index contributed by atoms with van der Waals surface area (Å²) in [4.78, 5) is 67.1. The number of carbonyl (C=O) groups excluding carboxylic acids is 5. The van der Waals surface area contributed by atoms with E-state index < -0.39 is 48.1 Å². The fourth-order valence-corrected chi connectivity index (χ4v) is 3.97. The number of hydrogen-bond acceptors (Lipinski definition) is 7. The third kappa shape index (κ3) is 4.30. The summed E-state index contributed by atoms with van der Waals surface area (Å²) in [6.07, 6.45) is 0. The van der Waals surface area contributed by atoms with E-state index in [1.165, 1.54) is 12.1 Å². The third-order valence-corrected chi connectivity index (χ3v) is 5.52. The van der Waals surface area contributed by atoms with Gasteiger partial charge in [0.25, 0.3) is 11.8 Å². The van der Waals surface area contributed by atoms with Crippen LogP contribution in [0.15, 0.2) is 24.3 Å². The van der Waals surface area contributed by atoms with Crippen LogP contribution in [0, 0.1) is 19.8 Å². The van der Waals surface area contributed by atoms with E-state index in [0.29, 0.717) is 11.3 Å². The zero-order valence-corrected chi connectivity index (χ0v) is 19.2. The standard InChI is InChI=1S/C24H26N2O7/c1-6-32-23(30)18-13(4)19(25-14(18)5)17(27)11-33-24(31)20(12(2)3)26-21(28)15-9-7-8-10-16(15)22(26)29/h7-10,12,20,25H,6,11H2,1-5H3/t20-/m1/s1. The number of benzene rings is 1. The first kappa shape index (κ1) is 23.9. The molecule has 174 valence electrons. The summed E-state index contributed by atoms with van der Waals surface area (Å²) in [5.41, 5.74) is 1.70. The smallest absolute Gasteiger partial charge is 0.340 e. The number of H-pyrrole nitrogens is 1. The maximum absolute atomic E-state index is 12.9. The Balaban J connectivity index is 1.76. The van der Waals surface area contributed by atoms with Gasteiger partial charge in [0.15, 0.2) is 6.61 Å². The van der Waals surface area contributed by atoms with Crippen LogP contribution < -0.4 is 0 Å². The Bertz CT molecular complexity index is 1110. The van der Waals surface area contributed by atoms with Crippen molar-refractivity contribution in [2.75, 3.05) is 13.2 Å². The molecule has 9 nitrogen and oxygen atoms in total. The average Bonchev–Trinajstić information content (AvgIpc) is 3.20. The van der Waals surface area contributed by atoms with Gasteiger partial charge in [0.2, 0.25) is 5.78 Å². The van der Waals surface area contributed by atoms with E-state index in [4.69, 9.17) is 9.47 Å². The Morgan fingerprint density at radius 1 is 1.00 bits per heavy atom. The molecule has 0 unspecified atom stereocenters. The van der Waals surface area contributed by atoms with Gasteiger partial charge in [-0.05, 0) is 44.4 Å². The average molecular weight is 454 g/mol. The minimum absolute atomic E-state index is 0.130. The summed E-state index contributed by atoms with van der Waals surface area (Å²) >= 11 is 0. The Morgan fingerprint density at radius 3 is 2.09 bits per heavy atom. The summed E-state index contributed by atoms with van der Waals surface area (Å²) in [6, 6.07) is 5.14. The van der Waals surface area contributed by atoms with E-state index in [9.17, 15) is 24.0 Å². The lowest BCUT2D eigenvalue weighted by Gasteiger charge is -2.27. The van der Waals surface area contributed by atoms with Gasteiger partial charge in [-0.3, -0.25) is 19.3 Å². The number of amides is 2. The molecule has 0 saturated heterocycles. The summed E-state index contributed by atoms with van der Waals surface area (Å²) < 4.78 is 10.2. The maximum atomic E-state index is 12.9. The van der Waals surface area contributed by atoms with Crippen LogP contribution in [-0.2, 0) is 14.3 Å². The molecule has 2 heterocycles. The van der Waals surface area contributed by atoms with E-state index in [1.54, 1.807) is 46.8 Å². The Hall–Kier alpha value is -3.75. The van der Waals surface area contributed by atoms with Crippen LogP contribution in [-0.4, -0.2) is 58.7 Å². The van der Waals surface area contributed by atoms with Crippen molar-refractivity contribution in [3.05, 3.63) is 57.9 Å². The van der Waals surface area contributed by atoms with Crippen molar-refractivity contribution >= 4 is 29.5 Å². The number of esters is 2. The fourth-order valence-electron chi connectivity index (χ4n) is 3.97. The molecule has 33 heavy (non-hydrogen) atoms. The second kappa shape index (κ2) is 9.40. The SMILES string of the molecule is CCOC(=O)c1c(C)[nH]c(C(=O)COC(=O)[C@@H](C(C)C)N2C(=O)c3ccccc3C2=O)c1C. The van der Waals surface area contributed by atoms with Gasteiger partial charge in [0, 0.05) is 5.69 Å². The quantitative estimate of drug-likeness (QED) is 0.370. The predicted octanol–water partition coefficient (Wildman–Crippen LogP) is 2.85.